The molecule has 1 fully saturated rings. The van der Waals surface area contributed by atoms with Gasteiger partial charge in [-0.1, -0.05) is 5.57 Å². The molecule has 1 saturated heterocycles. The van der Waals surface area contributed by atoms with Gasteiger partial charge >= 0.3 is 5.97 Å². The highest BCUT2D eigenvalue weighted by Gasteiger charge is 2.32. The average Bonchev–Trinajstić information content (AvgIpc) is 2.33. The third-order valence-corrected chi connectivity index (χ3v) is 3.24. The smallest absolute Gasteiger partial charge is 0.331 e. The van der Waals surface area contributed by atoms with Crippen LogP contribution in [-0.4, -0.2) is 23.1 Å². The molecule has 0 bridgehead atoms. The van der Waals surface area contributed by atoms with Gasteiger partial charge in [0, 0.05) is 11.8 Å². The zero-order valence-electron chi connectivity index (χ0n) is 8.42. The van der Waals surface area contributed by atoms with Crippen LogP contribution < -0.4 is 0 Å². The topological polar surface area (TPSA) is 26.3 Å². The van der Waals surface area contributed by atoms with Crippen molar-refractivity contribution in [2.75, 3.05) is 11.5 Å². The van der Waals surface area contributed by atoms with Crippen molar-refractivity contribution in [2.45, 2.75) is 32.8 Å². The predicted molar refractivity (Wildman–Crippen MR) is 55.9 cm³/mol. The monoisotopic (exact) mass is 200 g/mol. The van der Waals surface area contributed by atoms with E-state index in [1.807, 2.05) is 32.5 Å². The molecule has 0 spiro atoms. The number of esters is 1. The van der Waals surface area contributed by atoms with E-state index >= 15 is 0 Å². The van der Waals surface area contributed by atoms with Gasteiger partial charge in [0.15, 0.2) is 0 Å². The third kappa shape index (κ3) is 3.43. The van der Waals surface area contributed by atoms with Gasteiger partial charge in [-0.25, -0.2) is 4.79 Å². The fourth-order valence-electron chi connectivity index (χ4n) is 1.24. The molecule has 1 rings (SSSR count). The van der Waals surface area contributed by atoms with Crippen molar-refractivity contribution < 1.29 is 9.53 Å². The first-order valence-corrected chi connectivity index (χ1v) is 5.63. The maximum atomic E-state index is 11.3. The summed E-state index contributed by atoms with van der Waals surface area (Å²) in [7, 11) is 0. The molecule has 1 atom stereocenters. The number of ether oxygens (including phenoxy) is 1. The van der Waals surface area contributed by atoms with Crippen LogP contribution in [0.3, 0.4) is 0 Å². The van der Waals surface area contributed by atoms with Gasteiger partial charge in [-0.15, -0.1) is 0 Å². The standard InChI is InChI=1S/C10H16O2S/c1-8(2)6-9(11)12-10(3)4-5-13-7-10/h6H,4-5,7H2,1-3H3. The number of hydrogen-bond acceptors (Lipinski definition) is 3. The summed E-state index contributed by atoms with van der Waals surface area (Å²) in [4.78, 5) is 11.3. The van der Waals surface area contributed by atoms with Gasteiger partial charge in [0.05, 0.1) is 0 Å². The molecule has 0 aromatic carbocycles. The summed E-state index contributed by atoms with van der Waals surface area (Å²) >= 11 is 1.84. The van der Waals surface area contributed by atoms with Crippen LogP contribution in [0.25, 0.3) is 0 Å². The van der Waals surface area contributed by atoms with Crippen LogP contribution >= 0.6 is 11.8 Å². The van der Waals surface area contributed by atoms with E-state index in [4.69, 9.17) is 4.74 Å². The van der Waals surface area contributed by atoms with Gasteiger partial charge < -0.3 is 4.74 Å². The molecule has 74 valence electrons. The Kier molecular flexibility index (Phi) is 3.42. The van der Waals surface area contributed by atoms with Crippen molar-refractivity contribution in [2.24, 2.45) is 0 Å². The van der Waals surface area contributed by atoms with Crippen molar-refractivity contribution in [1.82, 2.24) is 0 Å². The zero-order chi connectivity index (χ0) is 9.90. The average molecular weight is 200 g/mol. The Morgan fingerprint density at radius 3 is 2.69 bits per heavy atom. The molecule has 0 saturated carbocycles. The molecule has 1 heterocycles. The molecule has 1 aliphatic heterocycles. The van der Waals surface area contributed by atoms with E-state index < -0.39 is 0 Å². The fraction of sp³-hybridized carbons (Fsp3) is 0.700. The number of thioether (sulfide) groups is 1. The summed E-state index contributed by atoms with van der Waals surface area (Å²) in [6, 6.07) is 0. The summed E-state index contributed by atoms with van der Waals surface area (Å²) in [5.74, 6) is 1.82. The highest BCUT2D eigenvalue weighted by atomic mass is 32.2. The van der Waals surface area contributed by atoms with Crippen molar-refractivity contribution in [3.8, 4) is 0 Å². The third-order valence-electron chi connectivity index (χ3n) is 1.94. The minimum atomic E-state index is -0.228. The number of hydrogen-bond donors (Lipinski definition) is 0. The maximum absolute atomic E-state index is 11.3. The molecule has 0 radical (unpaired) electrons. The minimum absolute atomic E-state index is 0.204. The largest absolute Gasteiger partial charge is 0.455 e. The van der Waals surface area contributed by atoms with Gasteiger partial charge in [0.1, 0.15) is 5.60 Å². The summed E-state index contributed by atoms with van der Waals surface area (Å²) < 4.78 is 5.37. The molecule has 1 unspecified atom stereocenters. The summed E-state index contributed by atoms with van der Waals surface area (Å²) in [5, 5.41) is 0. The van der Waals surface area contributed by atoms with E-state index in [1.54, 1.807) is 6.08 Å². The van der Waals surface area contributed by atoms with Crippen LogP contribution in [0.2, 0.25) is 0 Å². The molecule has 3 heteroatoms. The van der Waals surface area contributed by atoms with Crippen LogP contribution in [0, 0.1) is 0 Å². The molecular formula is C10H16O2S. The zero-order valence-corrected chi connectivity index (χ0v) is 9.24. The predicted octanol–water partition coefficient (Wildman–Crippen LogP) is 2.39. The second-order valence-corrected chi connectivity index (χ2v) is 5.00. The molecule has 0 N–H and O–H groups in total. The second kappa shape index (κ2) is 4.18. The summed E-state index contributed by atoms with van der Waals surface area (Å²) in [6.07, 6.45) is 2.52. The first kappa shape index (κ1) is 10.6. The van der Waals surface area contributed by atoms with Crippen LogP contribution in [0.4, 0.5) is 0 Å². The van der Waals surface area contributed by atoms with Crippen molar-refractivity contribution >= 4 is 17.7 Å². The Morgan fingerprint density at radius 2 is 2.23 bits per heavy atom. The van der Waals surface area contributed by atoms with Crippen LogP contribution in [0.15, 0.2) is 11.6 Å². The van der Waals surface area contributed by atoms with Crippen molar-refractivity contribution in [1.29, 1.82) is 0 Å². The summed E-state index contributed by atoms with van der Waals surface area (Å²) in [5.41, 5.74) is 0.757. The number of rotatable bonds is 2. The van der Waals surface area contributed by atoms with Crippen LogP contribution in [0.5, 0.6) is 0 Å². The Morgan fingerprint density at radius 1 is 1.54 bits per heavy atom. The number of carbonyl (C=O) groups is 1. The summed E-state index contributed by atoms with van der Waals surface area (Å²) in [6.45, 7) is 5.80. The van der Waals surface area contributed by atoms with E-state index in [-0.39, 0.29) is 11.6 Å². The highest BCUT2D eigenvalue weighted by molar-refractivity contribution is 7.99. The first-order valence-electron chi connectivity index (χ1n) is 4.47. The maximum Gasteiger partial charge on any atom is 0.331 e. The van der Waals surface area contributed by atoms with E-state index in [0.29, 0.717) is 0 Å². The lowest BCUT2D eigenvalue weighted by atomic mass is 10.1. The molecule has 0 aromatic rings. The number of allylic oxidation sites excluding steroid dienone is 1. The van der Waals surface area contributed by atoms with Crippen molar-refractivity contribution in [3.63, 3.8) is 0 Å². The molecule has 2 nitrogen and oxygen atoms in total. The Labute approximate surface area is 83.7 Å². The van der Waals surface area contributed by atoms with Gasteiger partial charge in [-0.3, -0.25) is 0 Å². The molecule has 13 heavy (non-hydrogen) atoms. The van der Waals surface area contributed by atoms with E-state index in [1.165, 1.54) is 0 Å². The molecule has 1 aliphatic rings. The van der Waals surface area contributed by atoms with Gasteiger partial charge in [-0.05, 0) is 32.9 Å². The second-order valence-electron chi connectivity index (χ2n) is 3.90. The first-order chi connectivity index (χ1) is 6.02. The Hall–Kier alpha value is -0.440. The SMILES string of the molecule is CC(C)=CC(=O)OC1(C)CCSC1. The minimum Gasteiger partial charge on any atom is -0.455 e. The van der Waals surface area contributed by atoms with Crippen LogP contribution in [0.1, 0.15) is 27.2 Å². The molecule has 0 aliphatic carbocycles. The molecule has 0 amide bonds. The molecular weight excluding hydrogens is 184 g/mol. The van der Waals surface area contributed by atoms with E-state index in [9.17, 15) is 4.79 Å². The van der Waals surface area contributed by atoms with Gasteiger partial charge in [0.25, 0.3) is 0 Å². The van der Waals surface area contributed by atoms with Crippen LogP contribution in [-0.2, 0) is 9.53 Å². The number of carbonyl (C=O) groups excluding carboxylic acids is 1. The molecule has 0 aromatic heterocycles. The van der Waals surface area contributed by atoms with Gasteiger partial charge in [0.2, 0.25) is 0 Å². The fourth-order valence-corrected chi connectivity index (χ4v) is 2.59. The van der Waals surface area contributed by atoms with Gasteiger partial charge in [-0.2, -0.15) is 11.8 Å². The lowest BCUT2D eigenvalue weighted by Crippen LogP contribution is -2.30. The van der Waals surface area contributed by atoms with E-state index in [0.717, 1.165) is 23.5 Å². The quantitative estimate of drug-likeness (QED) is 0.506. The van der Waals surface area contributed by atoms with E-state index in [2.05, 4.69) is 0 Å². The normalized spacial score (nSPS) is 27.0. The highest BCUT2D eigenvalue weighted by Crippen LogP contribution is 2.30. The van der Waals surface area contributed by atoms with Crippen molar-refractivity contribution in [3.05, 3.63) is 11.6 Å². The Bertz CT molecular complexity index is 223. The lowest BCUT2D eigenvalue weighted by molar-refractivity contribution is -0.149. The Balaban J connectivity index is 2.48. The lowest BCUT2D eigenvalue weighted by Gasteiger charge is -2.22.